The van der Waals surface area contributed by atoms with Crippen molar-refractivity contribution in [3.8, 4) is 5.75 Å². The molecular formula is C27H34N4O5S. The number of hydrogen-bond acceptors (Lipinski definition) is 7. The minimum atomic E-state index is -0.603. The topological polar surface area (TPSA) is 91.4 Å². The van der Waals surface area contributed by atoms with Crippen LogP contribution in [0.3, 0.4) is 0 Å². The Morgan fingerprint density at radius 3 is 2.59 bits per heavy atom. The Balaban J connectivity index is 1.43. The summed E-state index contributed by atoms with van der Waals surface area (Å²) in [6, 6.07) is 9.81. The number of carbonyl (C=O) groups is 3. The van der Waals surface area contributed by atoms with E-state index in [0.29, 0.717) is 55.4 Å². The quantitative estimate of drug-likeness (QED) is 0.594. The maximum atomic E-state index is 13.8. The van der Waals surface area contributed by atoms with Gasteiger partial charge in [-0.05, 0) is 55.0 Å². The lowest BCUT2D eigenvalue weighted by atomic mass is 10.1. The van der Waals surface area contributed by atoms with Crippen molar-refractivity contribution in [1.82, 2.24) is 20.0 Å². The van der Waals surface area contributed by atoms with E-state index in [0.717, 1.165) is 25.9 Å². The van der Waals surface area contributed by atoms with Crippen molar-refractivity contribution in [2.75, 3.05) is 53.0 Å². The summed E-state index contributed by atoms with van der Waals surface area (Å²) in [5.41, 5.74) is 0.548. The molecule has 0 saturated carbocycles. The summed E-state index contributed by atoms with van der Waals surface area (Å²) in [4.78, 5) is 47.0. The molecule has 1 aromatic carbocycles. The molecule has 0 aliphatic carbocycles. The van der Waals surface area contributed by atoms with Crippen LogP contribution in [0.15, 0.2) is 41.8 Å². The number of ether oxygens (including phenoxy) is 2. The summed E-state index contributed by atoms with van der Waals surface area (Å²) in [7, 11) is 1.59. The largest absolute Gasteiger partial charge is 0.497 e. The summed E-state index contributed by atoms with van der Waals surface area (Å²) in [5, 5.41) is 5.14. The number of amides is 3. The van der Waals surface area contributed by atoms with Crippen LogP contribution in [0.4, 0.5) is 0 Å². The van der Waals surface area contributed by atoms with Crippen LogP contribution < -0.4 is 10.1 Å². The first kappa shape index (κ1) is 25.7. The number of rotatable bonds is 7. The highest BCUT2D eigenvalue weighted by molar-refractivity contribution is 7.12. The zero-order chi connectivity index (χ0) is 25.8. The molecule has 9 nitrogen and oxygen atoms in total. The first-order valence-corrected chi connectivity index (χ1v) is 13.8. The van der Waals surface area contributed by atoms with Crippen LogP contribution in [-0.4, -0.2) is 104 Å². The van der Waals surface area contributed by atoms with E-state index < -0.39 is 6.04 Å². The Kier molecular flexibility index (Phi) is 8.07. The molecule has 0 radical (unpaired) electrons. The molecule has 2 aromatic rings. The third-order valence-corrected chi connectivity index (χ3v) is 8.31. The van der Waals surface area contributed by atoms with Gasteiger partial charge in [-0.25, -0.2) is 0 Å². The summed E-state index contributed by atoms with van der Waals surface area (Å²) in [6.45, 7) is 4.15. The molecule has 3 amide bonds. The van der Waals surface area contributed by atoms with E-state index in [-0.39, 0.29) is 29.9 Å². The Bertz CT molecular complexity index is 1080. The van der Waals surface area contributed by atoms with Gasteiger partial charge in [-0.1, -0.05) is 6.07 Å². The standard InChI is InChI=1S/C27H34N4O5S/c1-35-21-8-6-19(7-9-21)25(32)30(18-22-4-2-14-36-22)20-16-23(26(33)29-12-10-28-11-13-29)31(17-20)27(34)24-5-3-15-37-24/h3,5-9,15,20,22-23,28H,2,4,10-14,16-18H2,1H3. The van der Waals surface area contributed by atoms with Crippen LogP contribution in [0.5, 0.6) is 5.75 Å². The van der Waals surface area contributed by atoms with E-state index in [1.165, 1.54) is 11.3 Å². The van der Waals surface area contributed by atoms with E-state index >= 15 is 0 Å². The monoisotopic (exact) mass is 526 g/mol. The van der Waals surface area contributed by atoms with Gasteiger partial charge >= 0.3 is 0 Å². The van der Waals surface area contributed by atoms with Crippen LogP contribution in [-0.2, 0) is 9.53 Å². The van der Waals surface area contributed by atoms with Gasteiger partial charge in [0.2, 0.25) is 5.91 Å². The molecule has 4 heterocycles. The third kappa shape index (κ3) is 5.66. The molecule has 198 valence electrons. The molecule has 3 saturated heterocycles. The molecule has 37 heavy (non-hydrogen) atoms. The summed E-state index contributed by atoms with van der Waals surface area (Å²) in [6.07, 6.45) is 2.22. The van der Waals surface area contributed by atoms with Crippen molar-refractivity contribution in [2.24, 2.45) is 0 Å². The normalized spacial score (nSPS) is 23.8. The second-order valence-electron chi connectivity index (χ2n) is 9.74. The van der Waals surface area contributed by atoms with E-state index in [4.69, 9.17) is 9.47 Å². The van der Waals surface area contributed by atoms with E-state index in [9.17, 15) is 14.4 Å². The highest BCUT2D eigenvalue weighted by Crippen LogP contribution is 2.30. The molecule has 1 aromatic heterocycles. The van der Waals surface area contributed by atoms with Crippen LogP contribution in [0.25, 0.3) is 0 Å². The van der Waals surface area contributed by atoms with Gasteiger partial charge in [-0.2, -0.15) is 0 Å². The van der Waals surface area contributed by atoms with Crippen LogP contribution in [0.1, 0.15) is 39.3 Å². The van der Waals surface area contributed by atoms with E-state index in [1.807, 2.05) is 21.2 Å². The minimum Gasteiger partial charge on any atom is -0.497 e. The maximum Gasteiger partial charge on any atom is 0.264 e. The number of benzene rings is 1. The first-order valence-electron chi connectivity index (χ1n) is 13.0. The van der Waals surface area contributed by atoms with Crippen LogP contribution in [0.2, 0.25) is 0 Å². The molecular weight excluding hydrogens is 492 g/mol. The van der Waals surface area contributed by atoms with Gasteiger partial charge in [0.05, 0.1) is 24.1 Å². The fourth-order valence-corrected chi connectivity index (χ4v) is 6.12. The Morgan fingerprint density at radius 2 is 1.95 bits per heavy atom. The Hall–Kier alpha value is -2.95. The van der Waals surface area contributed by atoms with Gasteiger partial charge < -0.3 is 29.5 Å². The molecule has 3 unspecified atom stereocenters. The molecule has 0 bridgehead atoms. The van der Waals surface area contributed by atoms with Crippen molar-refractivity contribution >= 4 is 29.1 Å². The van der Waals surface area contributed by atoms with Crippen LogP contribution >= 0.6 is 11.3 Å². The van der Waals surface area contributed by atoms with Crippen molar-refractivity contribution < 1.29 is 23.9 Å². The Morgan fingerprint density at radius 1 is 1.16 bits per heavy atom. The number of thiophene rings is 1. The smallest absolute Gasteiger partial charge is 0.264 e. The summed E-state index contributed by atoms with van der Waals surface area (Å²) in [5.74, 6) is 0.363. The summed E-state index contributed by atoms with van der Waals surface area (Å²) < 4.78 is 11.1. The van der Waals surface area contributed by atoms with Gasteiger partial charge in [0.25, 0.3) is 11.8 Å². The van der Waals surface area contributed by atoms with Crippen molar-refractivity contribution in [3.63, 3.8) is 0 Å². The minimum absolute atomic E-state index is 0.0390. The van der Waals surface area contributed by atoms with Gasteiger partial charge in [0, 0.05) is 51.4 Å². The predicted molar refractivity (Wildman–Crippen MR) is 140 cm³/mol. The first-order chi connectivity index (χ1) is 18.0. The number of nitrogens with zero attached hydrogens (tertiary/aromatic N) is 3. The highest BCUT2D eigenvalue weighted by Gasteiger charge is 2.45. The molecule has 1 N–H and O–H groups in total. The van der Waals surface area contributed by atoms with Gasteiger partial charge in [0.15, 0.2) is 0 Å². The van der Waals surface area contributed by atoms with Gasteiger partial charge in [0.1, 0.15) is 11.8 Å². The number of methoxy groups -OCH3 is 1. The van der Waals surface area contributed by atoms with E-state index in [1.54, 1.807) is 42.3 Å². The lowest BCUT2D eigenvalue weighted by Crippen LogP contribution is -2.53. The lowest BCUT2D eigenvalue weighted by Gasteiger charge is -2.32. The molecule has 3 atom stereocenters. The number of piperazine rings is 1. The average molecular weight is 527 g/mol. The second kappa shape index (κ2) is 11.6. The fraction of sp³-hybridized carbons (Fsp3) is 0.519. The predicted octanol–water partition coefficient (Wildman–Crippen LogP) is 2.09. The zero-order valence-electron chi connectivity index (χ0n) is 21.1. The summed E-state index contributed by atoms with van der Waals surface area (Å²) >= 11 is 1.37. The fourth-order valence-electron chi connectivity index (χ4n) is 5.44. The third-order valence-electron chi connectivity index (χ3n) is 7.45. The molecule has 3 aliphatic heterocycles. The van der Waals surface area contributed by atoms with Crippen molar-refractivity contribution in [3.05, 3.63) is 52.2 Å². The van der Waals surface area contributed by atoms with E-state index in [2.05, 4.69) is 5.32 Å². The second-order valence-corrected chi connectivity index (χ2v) is 10.7. The number of nitrogens with one attached hydrogen (secondary N) is 1. The number of carbonyl (C=O) groups excluding carboxylic acids is 3. The lowest BCUT2D eigenvalue weighted by molar-refractivity contribution is -0.135. The average Bonchev–Trinajstić information content (AvgIpc) is 3.73. The zero-order valence-corrected chi connectivity index (χ0v) is 22.0. The molecule has 3 fully saturated rings. The van der Waals surface area contributed by atoms with Gasteiger partial charge in [-0.15, -0.1) is 11.3 Å². The highest BCUT2D eigenvalue weighted by atomic mass is 32.1. The molecule has 0 spiro atoms. The van der Waals surface area contributed by atoms with Crippen LogP contribution in [0, 0.1) is 0 Å². The Labute approximate surface area is 221 Å². The van der Waals surface area contributed by atoms with Gasteiger partial charge in [-0.3, -0.25) is 14.4 Å². The maximum absolute atomic E-state index is 13.8. The van der Waals surface area contributed by atoms with Crippen molar-refractivity contribution in [1.29, 1.82) is 0 Å². The number of likely N-dealkylation sites (tertiary alicyclic amines) is 1. The molecule has 10 heteroatoms. The molecule has 3 aliphatic rings. The van der Waals surface area contributed by atoms with Crippen molar-refractivity contribution in [2.45, 2.75) is 37.5 Å². The molecule has 5 rings (SSSR count). The SMILES string of the molecule is COc1ccc(C(=O)N(CC2CCCO2)C2CC(C(=O)N3CCNCC3)N(C(=O)c3cccs3)C2)cc1. The number of hydrogen-bond donors (Lipinski definition) is 1.